The van der Waals surface area contributed by atoms with Gasteiger partial charge in [0.2, 0.25) is 0 Å². The molecular weight excluding hydrogens is 512 g/mol. The molecule has 0 aromatic carbocycles. The molecule has 0 aromatic heterocycles. The molecule has 18 nitrogen and oxygen atoms in total. The summed E-state index contributed by atoms with van der Waals surface area (Å²) in [5, 5.41) is 49.6. The van der Waals surface area contributed by atoms with E-state index in [2.05, 4.69) is 8.83 Å². The number of nitrogens with two attached hydrogens (primary N) is 3. The zero-order valence-corrected chi connectivity index (χ0v) is 19.4. The first kappa shape index (κ1) is 30.0. The van der Waals surface area contributed by atoms with Crippen molar-refractivity contribution in [2.75, 3.05) is 26.4 Å². The van der Waals surface area contributed by atoms with E-state index in [1.165, 1.54) is 0 Å². The summed E-state index contributed by atoms with van der Waals surface area (Å²) in [5.74, 6) is 0. The summed E-state index contributed by atoms with van der Waals surface area (Å²) in [7, 11) is -10.4. The fourth-order valence-corrected chi connectivity index (χ4v) is 5.45. The van der Waals surface area contributed by atoms with E-state index in [1.54, 1.807) is 0 Å². The highest BCUT2D eigenvalue weighted by Gasteiger charge is 2.50. The molecule has 2 rings (SSSR count). The van der Waals surface area contributed by atoms with Crippen LogP contribution in [0.15, 0.2) is 0 Å². The molecular formula is C14H31N3O15P2. The molecule has 2 saturated heterocycles. The molecule has 0 radical (unpaired) electrons. The maximum Gasteiger partial charge on any atom is 0.481 e. The van der Waals surface area contributed by atoms with E-state index in [0.717, 1.165) is 0 Å². The third kappa shape index (κ3) is 7.66. The molecule has 13 N–H and O–H groups in total. The molecule has 202 valence electrons. The third-order valence-electron chi connectivity index (χ3n) is 4.93. The van der Waals surface area contributed by atoms with Gasteiger partial charge in [0.1, 0.15) is 36.6 Å². The first-order valence-electron chi connectivity index (χ1n) is 9.89. The molecule has 0 spiro atoms. The predicted molar refractivity (Wildman–Crippen MR) is 107 cm³/mol. The Morgan fingerprint density at radius 3 is 2.12 bits per heavy atom. The molecule has 12 atom stereocenters. The van der Waals surface area contributed by atoms with Gasteiger partial charge in [0.15, 0.2) is 12.6 Å². The molecule has 2 heterocycles. The highest BCUT2D eigenvalue weighted by atomic mass is 31.3. The average Bonchev–Trinajstić information content (AvgIpc) is 2.76. The van der Waals surface area contributed by atoms with Gasteiger partial charge < -0.3 is 66.7 Å². The molecule has 2 aliphatic rings. The minimum absolute atomic E-state index is 0.198. The van der Waals surface area contributed by atoms with Crippen molar-refractivity contribution in [3.63, 3.8) is 0 Å². The molecule has 0 aliphatic carbocycles. The lowest BCUT2D eigenvalue weighted by Crippen LogP contribution is -2.64. The Balaban J connectivity index is 2.02. The average molecular weight is 543 g/mol. The molecule has 2 unspecified atom stereocenters. The van der Waals surface area contributed by atoms with Gasteiger partial charge in [-0.15, -0.1) is 0 Å². The van der Waals surface area contributed by atoms with Crippen LogP contribution in [0.5, 0.6) is 0 Å². The number of hydrogen-bond donors (Lipinski definition) is 10. The van der Waals surface area contributed by atoms with E-state index in [0.29, 0.717) is 0 Å². The van der Waals surface area contributed by atoms with Crippen LogP contribution in [-0.2, 0) is 36.7 Å². The Labute approximate surface area is 193 Å². The summed E-state index contributed by atoms with van der Waals surface area (Å²) in [5.41, 5.74) is 16.4. The van der Waals surface area contributed by atoms with Crippen molar-refractivity contribution in [2.24, 2.45) is 17.2 Å². The molecule has 20 heteroatoms. The van der Waals surface area contributed by atoms with E-state index >= 15 is 0 Å². The van der Waals surface area contributed by atoms with Gasteiger partial charge in [-0.3, -0.25) is 9.05 Å². The zero-order chi connectivity index (χ0) is 25.8. The number of phosphoric ester groups is 2. The largest absolute Gasteiger partial charge is 0.481 e. The van der Waals surface area contributed by atoms with E-state index in [9.17, 15) is 44.4 Å². The quantitative estimate of drug-likeness (QED) is 0.109. The van der Waals surface area contributed by atoms with E-state index in [1.807, 2.05) is 0 Å². The first-order valence-corrected chi connectivity index (χ1v) is 12.9. The van der Waals surface area contributed by atoms with Crippen LogP contribution in [0.25, 0.3) is 0 Å². The smallest absolute Gasteiger partial charge is 0.394 e. The van der Waals surface area contributed by atoms with Crippen molar-refractivity contribution in [1.82, 2.24) is 0 Å². The standard InChI is InChI=1S/C14H31N3O15P2/c15-1-2-28-33(23,24)32-34(25,26)31-12-5(3-18)30-14(8(17)11(12)21)27-4-6-9(19)10(20)7(16)13(22)29-6/h5-14,18-22H,1-4,15-17H2,(H,23,24)(H,25,26)/t5-,6-,7-,8-,9-,10-,11-,12-,13+,14-/m1/s1. The summed E-state index contributed by atoms with van der Waals surface area (Å²) in [6.07, 6.45) is -12.7. The number of aliphatic hydroxyl groups is 5. The predicted octanol–water partition coefficient (Wildman–Crippen LogP) is -5.25. The lowest BCUT2D eigenvalue weighted by molar-refractivity contribution is -0.292. The number of rotatable bonds is 11. The fourth-order valence-electron chi connectivity index (χ4n) is 3.16. The van der Waals surface area contributed by atoms with Gasteiger partial charge >= 0.3 is 15.6 Å². The molecule has 34 heavy (non-hydrogen) atoms. The monoisotopic (exact) mass is 543 g/mol. The minimum atomic E-state index is -5.37. The Bertz CT molecular complexity index is 749. The topological polar surface area (TPSA) is 309 Å². The van der Waals surface area contributed by atoms with Gasteiger partial charge in [0.05, 0.1) is 31.9 Å². The van der Waals surface area contributed by atoms with Crippen LogP contribution in [-0.4, -0.2) is 123 Å². The molecule has 0 aromatic rings. The van der Waals surface area contributed by atoms with E-state index < -0.39 is 96.8 Å². The molecule has 0 bridgehead atoms. The summed E-state index contributed by atoms with van der Waals surface area (Å²) in [4.78, 5) is 19.2. The van der Waals surface area contributed by atoms with E-state index in [-0.39, 0.29) is 6.54 Å². The Morgan fingerprint density at radius 2 is 1.53 bits per heavy atom. The second kappa shape index (κ2) is 12.4. The van der Waals surface area contributed by atoms with Crippen molar-refractivity contribution >= 4 is 15.6 Å². The van der Waals surface area contributed by atoms with Crippen molar-refractivity contribution < 1.29 is 72.0 Å². The maximum atomic E-state index is 12.2. The first-order chi connectivity index (χ1) is 15.7. The lowest BCUT2D eigenvalue weighted by atomic mass is 9.97. The van der Waals surface area contributed by atoms with Crippen LogP contribution in [0.1, 0.15) is 0 Å². The number of ether oxygens (including phenoxy) is 3. The van der Waals surface area contributed by atoms with Gasteiger partial charge in [-0.2, -0.15) is 4.31 Å². The Kier molecular flexibility index (Phi) is 10.9. The van der Waals surface area contributed by atoms with Crippen molar-refractivity contribution in [2.45, 2.75) is 61.3 Å². The lowest BCUT2D eigenvalue weighted by Gasteiger charge is -2.43. The second-order valence-electron chi connectivity index (χ2n) is 7.46. The SMILES string of the molecule is NCCOP(=O)(O)OP(=O)(O)O[C@H]1[C@H](O)[C@@H](N)[C@H](OC[C@H]2O[C@H](O)[C@H](N)[C@@H](O)[C@@H]2O)O[C@@H]1CO. The number of hydrogen-bond acceptors (Lipinski definition) is 16. The summed E-state index contributed by atoms with van der Waals surface area (Å²) in [6, 6.07) is -2.76. The highest BCUT2D eigenvalue weighted by molar-refractivity contribution is 7.61. The molecule has 0 saturated carbocycles. The normalized spacial score (nSPS) is 42.6. The van der Waals surface area contributed by atoms with Gasteiger partial charge in [-0.25, -0.2) is 9.13 Å². The van der Waals surface area contributed by atoms with E-state index in [4.69, 9.17) is 35.9 Å². The number of aliphatic hydroxyl groups excluding tert-OH is 5. The van der Waals surface area contributed by atoms with Gasteiger partial charge in [0, 0.05) is 6.54 Å². The summed E-state index contributed by atoms with van der Waals surface area (Å²) in [6.45, 7) is -2.10. The van der Waals surface area contributed by atoms with Gasteiger partial charge in [-0.05, 0) is 0 Å². The van der Waals surface area contributed by atoms with Gasteiger partial charge in [-0.1, -0.05) is 0 Å². The molecule has 0 amide bonds. The number of phosphoric acid groups is 2. The van der Waals surface area contributed by atoms with Crippen molar-refractivity contribution in [3.8, 4) is 0 Å². The minimum Gasteiger partial charge on any atom is -0.394 e. The summed E-state index contributed by atoms with van der Waals surface area (Å²) >= 11 is 0. The Hall–Kier alpha value is -0.180. The highest BCUT2D eigenvalue weighted by Crippen LogP contribution is 2.61. The summed E-state index contributed by atoms with van der Waals surface area (Å²) < 4.78 is 52.7. The van der Waals surface area contributed by atoms with Crippen LogP contribution >= 0.6 is 15.6 Å². The van der Waals surface area contributed by atoms with Crippen LogP contribution in [0.3, 0.4) is 0 Å². The van der Waals surface area contributed by atoms with Crippen molar-refractivity contribution in [1.29, 1.82) is 0 Å². The van der Waals surface area contributed by atoms with Crippen LogP contribution < -0.4 is 17.2 Å². The zero-order valence-electron chi connectivity index (χ0n) is 17.6. The molecule has 2 aliphatic heterocycles. The van der Waals surface area contributed by atoms with Crippen LogP contribution in [0.2, 0.25) is 0 Å². The maximum absolute atomic E-state index is 12.2. The van der Waals surface area contributed by atoms with Crippen LogP contribution in [0.4, 0.5) is 0 Å². The van der Waals surface area contributed by atoms with Gasteiger partial charge in [0.25, 0.3) is 0 Å². The van der Waals surface area contributed by atoms with Crippen LogP contribution in [0, 0.1) is 0 Å². The van der Waals surface area contributed by atoms with Crippen molar-refractivity contribution in [3.05, 3.63) is 0 Å². The molecule has 2 fully saturated rings. The Morgan fingerprint density at radius 1 is 0.882 bits per heavy atom. The second-order valence-corrected chi connectivity index (χ2v) is 10.5. The third-order valence-corrected chi connectivity index (χ3v) is 7.60. The fraction of sp³-hybridized carbons (Fsp3) is 1.00.